The molecule has 0 aliphatic carbocycles. The van der Waals surface area contributed by atoms with Crippen LogP contribution in [0, 0.1) is 6.92 Å². The average Bonchev–Trinajstić information content (AvgIpc) is 3.13. The number of carbonyl (C=O) groups excluding carboxylic acids is 1. The Morgan fingerprint density at radius 2 is 1.91 bits per heavy atom. The number of hydrogen-bond acceptors (Lipinski definition) is 6. The van der Waals surface area contributed by atoms with E-state index in [4.69, 9.17) is 4.74 Å². The fourth-order valence-electron chi connectivity index (χ4n) is 3.39. The number of rotatable bonds is 5. The molecule has 2 atom stereocenters. The van der Waals surface area contributed by atoms with Crippen molar-refractivity contribution in [2.24, 2.45) is 0 Å². The van der Waals surface area contributed by atoms with Crippen molar-refractivity contribution in [1.29, 1.82) is 0 Å². The molecular formula is C21H20F3N5O2S. The zero-order valence-corrected chi connectivity index (χ0v) is 18.0. The summed E-state index contributed by atoms with van der Waals surface area (Å²) in [4.78, 5) is 13.2. The second-order valence-corrected chi connectivity index (χ2v) is 8.15. The van der Waals surface area contributed by atoms with Crippen LogP contribution in [0.15, 0.2) is 53.7 Å². The van der Waals surface area contributed by atoms with Gasteiger partial charge in [-0.3, -0.25) is 4.79 Å². The van der Waals surface area contributed by atoms with Crippen LogP contribution >= 0.6 is 11.8 Å². The van der Waals surface area contributed by atoms with E-state index >= 15 is 0 Å². The van der Waals surface area contributed by atoms with Crippen LogP contribution in [0.25, 0.3) is 0 Å². The lowest BCUT2D eigenvalue weighted by atomic mass is 10.0. The molecule has 0 bridgehead atoms. The monoisotopic (exact) mass is 463 g/mol. The van der Waals surface area contributed by atoms with E-state index < -0.39 is 28.9 Å². The zero-order valence-electron chi connectivity index (χ0n) is 17.2. The van der Waals surface area contributed by atoms with E-state index in [1.807, 2.05) is 19.1 Å². The third kappa shape index (κ3) is 4.38. The van der Waals surface area contributed by atoms with E-state index in [0.717, 1.165) is 23.4 Å². The van der Waals surface area contributed by atoms with Gasteiger partial charge in [0.05, 0.1) is 23.9 Å². The van der Waals surface area contributed by atoms with Crippen molar-refractivity contribution >= 4 is 23.4 Å². The van der Waals surface area contributed by atoms with Crippen LogP contribution in [0.5, 0.6) is 5.75 Å². The summed E-state index contributed by atoms with van der Waals surface area (Å²) in [5.41, 5.74) is 2.79. The number of nitrogens with one attached hydrogen (secondary N) is 2. The van der Waals surface area contributed by atoms with Gasteiger partial charge in [-0.1, -0.05) is 36.0 Å². The Balaban J connectivity index is 1.66. The summed E-state index contributed by atoms with van der Waals surface area (Å²) >= 11 is 1.14. The lowest BCUT2D eigenvalue weighted by Crippen LogP contribution is -2.41. The first-order chi connectivity index (χ1) is 15.3. The number of nitrogens with zero attached hydrogens (tertiary/aromatic N) is 3. The number of carbonyl (C=O) groups is 1. The van der Waals surface area contributed by atoms with E-state index in [1.54, 1.807) is 23.7 Å². The molecule has 1 amide bonds. The van der Waals surface area contributed by atoms with Crippen molar-refractivity contribution in [3.63, 3.8) is 0 Å². The Kier molecular flexibility index (Phi) is 6.00. The van der Waals surface area contributed by atoms with E-state index in [9.17, 15) is 18.0 Å². The van der Waals surface area contributed by atoms with Gasteiger partial charge in [-0.2, -0.15) is 13.2 Å². The van der Waals surface area contributed by atoms with Crippen molar-refractivity contribution in [2.75, 3.05) is 17.3 Å². The number of ether oxygens (including phenoxy) is 1. The maximum absolute atomic E-state index is 13.4. The second kappa shape index (κ2) is 8.73. The number of amides is 1. The Hall–Kier alpha value is -3.21. The average molecular weight is 463 g/mol. The molecule has 32 heavy (non-hydrogen) atoms. The molecule has 0 saturated carbocycles. The Labute approximate surface area is 186 Å². The highest BCUT2D eigenvalue weighted by Gasteiger charge is 2.39. The van der Waals surface area contributed by atoms with Gasteiger partial charge in [0.25, 0.3) is 0 Å². The third-order valence-electron chi connectivity index (χ3n) is 4.90. The van der Waals surface area contributed by atoms with Gasteiger partial charge in [0, 0.05) is 0 Å². The standard InChI is InChI=1S/C21H20F3N5O2S/c1-3-31-14-10-8-13(9-11-14)17-18(32-20-27-26-12(2)29(20)28-17)19(30)25-16-7-5-4-6-15(16)21(22,23)24/h4-11,17-18,28H,3H2,1-2H3,(H,25,30). The molecule has 0 spiro atoms. The number of aromatic nitrogens is 3. The fourth-order valence-corrected chi connectivity index (χ4v) is 4.52. The van der Waals surface area contributed by atoms with Gasteiger partial charge in [-0.25, -0.2) is 4.68 Å². The normalized spacial score (nSPS) is 17.9. The van der Waals surface area contributed by atoms with Crippen LogP contribution in [0.1, 0.15) is 29.9 Å². The molecule has 0 fully saturated rings. The number of anilines is 1. The van der Waals surface area contributed by atoms with E-state index in [1.165, 1.54) is 18.2 Å². The molecule has 2 heterocycles. The Morgan fingerprint density at radius 1 is 1.19 bits per heavy atom. The molecule has 1 aromatic heterocycles. The molecule has 0 saturated heterocycles. The zero-order chi connectivity index (χ0) is 22.9. The lowest BCUT2D eigenvalue weighted by molar-refractivity contribution is -0.137. The maximum atomic E-state index is 13.4. The molecule has 2 N–H and O–H groups in total. The minimum absolute atomic E-state index is 0.292. The van der Waals surface area contributed by atoms with Crippen molar-refractivity contribution in [2.45, 2.75) is 36.5 Å². The van der Waals surface area contributed by atoms with E-state index in [0.29, 0.717) is 23.3 Å². The summed E-state index contributed by atoms with van der Waals surface area (Å²) in [5.74, 6) is 0.704. The third-order valence-corrected chi connectivity index (χ3v) is 6.11. The molecule has 11 heteroatoms. The SMILES string of the molecule is CCOc1ccc(C2Nn3c(C)nnc3SC2C(=O)Nc2ccccc2C(F)(F)F)cc1. The number of aryl methyl sites for hydroxylation is 1. The first-order valence-electron chi connectivity index (χ1n) is 9.83. The van der Waals surface area contributed by atoms with Crippen molar-refractivity contribution < 1.29 is 22.7 Å². The van der Waals surface area contributed by atoms with Crippen LogP contribution in [-0.4, -0.2) is 32.6 Å². The van der Waals surface area contributed by atoms with Crippen molar-refractivity contribution in [3.8, 4) is 5.75 Å². The van der Waals surface area contributed by atoms with Crippen molar-refractivity contribution in [3.05, 3.63) is 65.5 Å². The first kappa shape index (κ1) is 22.0. The largest absolute Gasteiger partial charge is 0.494 e. The molecule has 0 radical (unpaired) electrons. The number of halogens is 3. The summed E-state index contributed by atoms with van der Waals surface area (Å²) in [7, 11) is 0. The van der Waals surface area contributed by atoms with Gasteiger partial charge in [0.15, 0.2) is 0 Å². The van der Waals surface area contributed by atoms with Crippen LogP contribution in [0.4, 0.5) is 18.9 Å². The lowest BCUT2D eigenvalue weighted by Gasteiger charge is -2.33. The summed E-state index contributed by atoms with van der Waals surface area (Å²) < 4.78 is 47.3. The minimum Gasteiger partial charge on any atom is -0.494 e. The predicted octanol–water partition coefficient (Wildman–Crippen LogP) is 4.40. The summed E-state index contributed by atoms with van der Waals surface area (Å²) in [6, 6.07) is 11.6. The number of benzene rings is 2. The number of thioether (sulfide) groups is 1. The molecular weight excluding hydrogens is 443 g/mol. The highest BCUT2D eigenvalue weighted by Crippen LogP contribution is 2.39. The van der Waals surface area contributed by atoms with E-state index in [-0.39, 0.29) is 5.69 Å². The fraction of sp³-hybridized carbons (Fsp3) is 0.286. The molecule has 168 valence electrons. The smallest absolute Gasteiger partial charge is 0.418 e. The van der Waals surface area contributed by atoms with Crippen LogP contribution in [-0.2, 0) is 11.0 Å². The minimum atomic E-state index is -4.59. The molecule has 1 aliphatic heterocycles. The number of hydrogen-bond donors (Lipinski definition) is 2. The highest BCUT2D eigenvalue weighted by molar-refractivity contribution is 8.00. The van der Waals surface area contributed by atoms with E-state index in [2.05, 4.69) is 20.9 Å². The van der Waals surface area contributed by atoms with Crippen LogP contribution in [0.2, 0.25) is 0 Å². The van der Waals surface area contributed by atoms with Crippen LogP contribution < -0.4 is 15.5 Å². The topological polar surface area (TPSA) is 81.1 Å². The van der Waals surface area contributed by atoms with Gasteiger partial charge in [-0.05, 0) is 43.7 Å². The number of fused-ring (bicyclic) bond motifs is 1. The molecule has 2 unspecified atom stereocenters. The molecule has 7 nitrogen and oxygen atoms in total. The molecule has 4 rings (SSSR count). The van der Waals surface area contributed by atoms with Gasteiger partial charge < -0.3 is 15.5 Å². The van der Waals surface area contributed by atoms with Crippen LogP contribution in [0.3, 0.4) is 0 Å². The number of alkyl halides is 3. The number of para-hydroxylation sites is 1. The van der Waals surface area contributed by atoms with Gasteiger partial charge in [0.1, 0.15) is 16.8 Å². The summed E-state index contributed by atoms with van der Waals surface area (Å²) in [6.45, 7) is 4.16. The van der Waals surface area contributed by atoms with Crippen molar-refractivity contribution in [1.82, 2.24) is 14.9 Å². The van der Waals surface area contributed by atoms with Gasteiger partial charge in [-0.15, -0.1) is 10.2 Å². The second-order valence-electron chi connectivity index (χ2n) is 7.05. The van der Waals surface area contributed by atoms with Gasteiger partial charge in [0.2, 0.25) is 11.1 Å². The highest BCUT2D eigenvalue weighted by atomic mass is 32.2. The maximum Gasteiger partial charge on any atom is 0.418 e. The molecule has 1 aliphatic rings. The quantitative estimate of drug-likeness (QED) is 0.584. The Morgan fingerprint density at radius 3 is 2.59 bits per heavy atom. The predicted molar refractivity (Wildman–Crippen MR) is 114 cm³/mol. The summed E-state index contributed by atoms with van der Waals surface area (Å²) in [6.07, 6.45) is -4.59. The van der Waals surface area contributed by atoms with Gasteiger partial charge >= 0.3 is 6.18 Å². The molecule has 3 aromatic rings. The summed E-state index contributed by atoms with van der Waals surface area (Å²) in [5, 5.41) is 10.2. The Bertz CT molecular complexity index is 1120. The first-order valence-corrected chi connectivity index (χ1v) is 10.7. The molecule has 2 aromatic carbocycles.